The van der Waals surface area contributed by atoms with Crippen LogP contribution in [0.2, 0.25) is 0 Å². The molecule has 0 spiro atoms. The number of ether oxygens (including phenoxy) is 2. The molecule has 108 valence electrons. The first-order valence-electron chi connectivity index (χ1n) is 6.94. The minimum Gasteiger partial charge on any atom is -0.491 e. The second-order valence-corrected chi connectivity index (χ2v) is 4.59. The van der Waals surface area contributed by atoms with Crippen molar-refractivity contribution in [3.8, 4) is 5.75 Å². The summed E-state index contributed by atoms with van der Waals surface area (Å²) in [5, 5.41) is 9.70. The number of nitrogens with two attached hydrogens (primary N) is 1. The van der Waals surface area contributed by atoms with Crippen molar-refractivity contribution >= 4 is 0 Å². The predicted octanol–water partition coefficient (Wildman–Crippen LogP) is 2.09. The summed E-state index contributed by atoms with van der Waals surface area (Å²) >= 11 is 0. The van der Waals surface area contributed by atoms with Crippen molar-refractivity contribution in [1.82, 2.24) is 0 Å². The molecule has 4 nitrogen and oxygen atoms in total. The Morgan fingerprint density at radius 2 is 1.89 bits per heavy atom. The zero-order valence-electron chi connectivity index (χ0n) is 11.7. The normalized spacial score (nSPS) is 12.4. The van der Waals surface area contributed by atoms with E-state index < -0.39 is 6.10 Å². The largest absolute Gasteiger partial charge is 0.491 e. The third-order valence-corrected chi connectivity index (χ3v) is 2.80. The fourth-order valence-electron chi connectivity index (χ4n) is 1.64. The smallest absolute Gasteiger partial charge is 0.119 e. The number of hydrogen-bond donors (Lipinski definition) is 2. The second-order valence-electron chi connectivity index (χ2n) is 4.59. The van der Waals surface area contributed by atoms with Gasteiger partial charge in [0.1, 0.15) is 18.5 Å². The van der Waals surface area contributed by atoms with Crippen LogP contribution in [-0.2, 0) is 11.3 Å². The summed E-state index contributed by atoms with van der Waals surface area (Å²) in [6.45, 7) is 3.95. The van der Waals surface area contributed by atoms with Crippen molar-refractivity contribution in [2.45, 2.75) is 38.8 Å². The fourth-order valence-corrected chi connectivity index (χ4v) is 1.64. The Morgan fingerprint density at radius 3 is 2.53 bits per heavy atom. The van der Waals surface area contributed by atoms with E-state index in [0.717, 1.165) is 17.7 Å². The van der Waals surface area contributed by atoms with E-state index in [-0.39, 0.29) is 6.61 Å². The van der Waals surface area contributed by atoms with Gasteiger partial charge >= 0.3 is 0 Å². The second kappa shape index (κ2) is 9.78. The third-order valence-electron chi connectivity index (χ3n) is 2.80. The molecule has 3 N–H and O–H groups in total. The van der Waals surface area contributed by atoms with Gasteiger partial charge in [0.05, 0.1) is 6.61 Å². The van der Waals surface area contributed by atoms with Crippen molar-refractivity contribution in [3.05, 3.63) is 29.8 Å². The van der Waals surface area contributed by atoms with Crippen LogP contribution in [0, 0.1) is 0 Å². The summed E-state index contributed by atoms with van der Waals surface area (Å²) in [5.41, 5.74) is 6.58. The zero-order valence-corrected chi connectivity index (χ0v) is 11.7. The minimum absolute atomic E-state index is 0.246. The van der Waals surface area contributed by atoms with E-state index in [1.54, 1.807) is 0 Å². The van der Waals surface area contributed by atoms with Crippen LogP contribution in [-0.4, -0.2) is 31.0 Å². The van der Waals surface area contributed by atoms with Crippen molar-refractivity contribution in [2.24, 2.45) is 5.73 Å². The number of benzene rings is 1. The highest BCUT2D eigenvalue weighted by molar-refractivity contribution is 5.27. The van der Waals surface area contributed by atoms with Gasteiger partial charge in [-0.15, -0.1) is 0 Å². The molecule has 0 aliphatic carbocycles. The molecule has 1 unspecified atom stereocenters. The summed E-state index contributed by atoms with van der Waals surface area (Å²) in [6.07, 6.45) is 2.80. The molecular formula is C15H25NO3. The fraction of sp³-hybridized carbons (Fsp3) is 0.600. The van der Waals surface area contributed by atoms with Gasteiger partial charge in [-0.3, -0.25) is 0 Å². The van der Waals surface area contributed by atoms with Gasteiger partial charge in [-0.25, -0.2) is 0 Å². The topological polar surface area (TPSA) is 64.7 Å². The van der Waals surface area contributed by atoms with E-state index in [9.17, 15) is 5.11 Å². The zero-order chi connectivity index (χ0) is 13.9. The summed E-state index contributed by atoms with van der Waals surface area (Å²) < 4.78 is 10.9. The molecule has 0 heterocycles. The molecule has 1 aromatic carbocycles. The summed E-state index contributed by atoms with van der Waals surface area (Å²) in [6, 6.07) is 7.56. The van der Waals surface area contributed by atoms with Crippen LogP contribution in [0.4, 0.5) is 0 Å². The van der Waals surface area contributed by atoms with Crippen LogP contribution in [0.15, 0.2) is 24.3 Å². The Kier molecular flexibility index (Phi) is 8.21. The molecule has 19 heavy (non-hydrogen) atoms. The average Bonchev–Trinajstić information content (AvgIpc) is 2.45. The molecule has 1 atom stereocenters. The first-order valence-corrected chi connectivity index (χ1v) is 6.94. The monoisotopic (exact) mass is 267 g/mol. The van der Waals surface area contributed by atoms with E-state index in [1.807, 2.05) is 24.3 Å². The Bertz CT molecular complexity index is 327. The molecule has 0 fully saturated rings. The first kappa shape index (κ1) is 16.0. The lowest BCUT2D eigenvalue weighted by Crippen LogP contribution is -2.23. The molecule has 0 bridgehead atoms. The van der Waals surface area contributed by atoms with E-state index in [1.165, 1.54) is 12.8 Å². The molecule has 0 saturated carbocycles. The van der Waals surface area contributed by atoms with Crippen LogP contribution < -0.4 is 10.5 Å². The number of aliphatic hydroxyl groups is 1. The van der Waals surface area contributed by atoms with Crippen LogP contribution in [0.5, 0.6) is 5.75 Å². The highest BCUT2D eigenvalue weighted by Gasteiger charge is 2.05. The van der Waals surface area contributed by atoms with E-state index >= 15 is 0 Å². The van der Waals surface area contributed by atoms with Crippen LogP contribution >= 0.6 is 0 Å². The van der Waals surface area contributed by atoms with Crippen LogP contribution in [0.1, 0.15) is 31.7 Å². The average molecular weight is 267 g/mol. The maximum Gasteiger partial charge on any atom is 0.119 e. The van der Waals surface area contributed by atoms with E-state index in [0.29, 0.717) is 19.8 Å². The van der Waals surface area contributed by atoms with Gasteiger partial charge in [0.25, 0.3) is 0 Å². The van der Waals surface area contributed by atoms with Gasteiger partial charge in [-0.2, -0.15) is 0 Å². The summed E-state index contributed by atoms with van der Waals surface area (Å²) in [7, 11) is 0. The van der Waals surface area contributed by atoms with Crippen molar-refractivity contribution in [1.29, 1.82) is 0 Å². The lowest BCUT2D eigenvalue weighted by atomic mass is 10.2. The molecule has 0 aliphatic rings. The van der Waals surface area contributed by atoms with Gasteiger partial charge in [0.2, 0.25) is 0 Å². The van der Waals surface area contributed by atoms with Crippen molar-refractivity contribution < 1.29 is 14.6 Å². The van der Waals surface area contributed by atoms with E-state index in [4.69, 9.17) is 15.2 Å². The Balaban J connectivity index is 2.13. The number of hydrogen-bond acceptors (Lipinski definition) is 4. The number of unbranched alkanes of at least 4 members (excludes halogenated alkanes) is 2. The molecule has 0 aromatic heterocycles. The summed E-state index contributed by atoms with van der Waals surface area (Å²) in [4.78, 5) is 0. The maximum atomic E-state index is 9.70. The summed E-state index contributed by atoms with van der Waals surface area (Å²) in [5.74, 6) is 0.738. The predicted molar refractivity (Wildman–Crippen MR) is 76.2 cm³/mol. The quantitative estimate of drug-likeness (QED) is 0.637. The van der Waals surface area contributed by atoms with Gasteiger partial charge in [-0.1, -0.05) is 31.9 Å². The molecular weight excluding hydrogens is 242 g/mol. The van der Waals surface area contributed by atoms with Crippen molar-refractivity contribution in [3.63, 3.8) is 0 Å². The van der Waals surface area contributed by atoms with Crippen molar-refractivity contribution in [2.75, 3.05) is 19.8 Å². The molecule has 0 radical (unpaired) electrons. The SMILES string of the molecule is CCCCCOCC(O)COc1ccc(CN)cc1. The van der Waals surface area contributed by atoms with Gasteiger partial charge < -0.3 is 20.3 Å². The molecule has 0 saturated heterocycles. The van der Waals surface area contributed by atoms with Gasteiger partial charge in [0, 0.05) is 13.2 Å². The molecule has 4 heteroatoms. The molecule has 1 rings (SSSR count). The minimum atomic E-state index is -0.587. The van der Waals surface area contributed by atoms with Gasteiger partial charge in [0.15, 0.2) is 0 Å². The van der Waals surface area contributed by atoms with Crippen LogP contribution in [0.25, 0.3) is 0 Å². The first-order chi connectivity index (χ1) is 9.26. The van der Waals surface area contributed by atoms with Gasteiger partial charge in [-0.05, 0) is 24.1 Å². The molecule has 0 aliphatic heterocycles. The lowest BCUT2D eigenvalue weighted by molar-refractivity contribution is 0.0110. The lowest BCUT2D eigenvalue weighted by Gasteiger charge is -2.13. The third kappa shape index (κ3) is 7.15. The highest BCUT2D eigenvalue weighted by atomic mass is 16.5. The molecule has 0 amide bonds. The number of aliphatic hydroxyl groups excluding tert-OH is 1. The Labute approximate surface area is 115 Å². The number of rotatable bonds is 10. The van der Waals surface area contributed by atoms with Crippen LogP contribution in [0.3, 0.4) is 0 Å². The Hall–Kier alpha value is -1.10. The maximum absolute atomic E-state index is 9.70. The highest BCUT2D eigenvalue weighted by Crippen LogP contribution is 2.12. The van der Waals surface area contributed by atoms with E-state index in [2.05, 4.69) is 6.92 Å². The standard InChI is InChI=1S/C15H25NO3/c1-2-3-4-9-18-11-14(17)12-19-15-7-5-13(10-16)6-8-15/h5-8,14,17H,2-4,9-12,16H2,1H3. The Morgan fingerprint density at radius 1 is 1.16 bits per heavy atom. The molecule has 1 aromatic rings.